The molecule has 0 bridgehead atoms. The number of halogens is 3. The van der Waals surface area contributed by atoms with Gasteiger partial charge in [-0.3, -0.25) is 9.59 Å². The Labute approximate surface area is 284 Å². The molecule has 5 rings (SSSR count). The smallest absolute Gasteiger partial charge is 0.343 e. The molecule has 4 saturated carbocycles. The Kier molecular flexibility index (Phi) is 9.95. The second kappa shape index (κ2) is 12.4. The predicted octanol–water partition coefficient (Wildman–Crippen LogP) is 8.84. The highest BCUT2D eigenvalue weighted by atomic mass is 19.4. The average Bonchev–Trinajstić information content (AvgIpc) is 3.24. The van der Waals surface area contributed by atoms with Crippen LogP contribution in [0.2, 0.25) is 0 Å². The minimum absolute atomic E-state index is 0.0107. The van der Waals surface area contributed by atoms with Gasteiger partial charge in [-0.25, -0.2) is 19.4 Å². The molecule has 0 heterocycles. The number of hydrogen-bond acceptors (Lipinski definition) is 6. The molecule has 48 heavy (non-hydrogen) atoms. The van der Waals surface area contributed by atoms with Gasteiger partial charge >= 0.3 is 18.1 Å². The molecule has 4 fully saturated rings. The van der Waals surface area contributed by atoms with Crippen LogP contribution in [0.3, 0.4) is 0 Å². The van der Waals surface area contributed by atoms with Crippen molar-refractivity contribution in [3.63, 3.8) is 0 Å². The lowest BCUT2D eigenvalue weighted by Crippen LogP contribution is -2.64. The second-order valence-corrected chi connectivity index (χ2v) is 17.9. The SMILES string of the molecule is CC(=O)NC(C)(C)C(F)(F)F.CC(=O)OOC(=O)[C@@]12CC[C@]3(C)[C@H](CC[C@@H]4[C@@]5(C)CCCC(C)(C)[C@@H]5CC[C@]43C)C1=C(C(C)C)C(=O)C2. The monoisotopic (exact) mass is 681 g/mol. The van der Waals surface area contributed by atoms with Gasteiger partial charge < -0.3 is 5.32 Å². The third-order valence-electron chi connectivity index (χ3n) is 14.0. The highest BCUT2D eigenvalue weighted by molar-refractivity contribution is 6.06. The number of hydrogen-bond donors (Lipinski definition) is 1. The van der Waals surface area contributed by atoms with E-state index in [2.05, 4.69) is 48.5 Å². The van der Waals surface area contributed by atoms with Gasteiger partial charge in [0.25, 0.3) is 0 Å². The average molecular weight is 682 g/mol. The maximum absolute atomic E-state index is 13.6. The molecule has 0 aliphatic heterocycles. The Morgan fingerprint density at radius 2 is 1.46 bits per heavy atom. The molecule has 7 nitrogen and oxygen atoms in total. The summed E-state index contributed by atoms with van der Waals surface area (Å²) in [5.74, 6) is -0.192. The number of Topliss-reactive ketones (excluding diaryl/α,β-unsaturated/α-hetero) is 1. The molecule has 272 valence electrons. The van der Waals surface area contributed by atoms with Crippen molar-refractivity contribution in [3.8, 4) is 0 Å². The predicted molar refractivity (Wildman–Crippen MR) is 176 cm³/mol. The van der Waals surface area contributed by atoms with Crippen molar-refractivity contribution in [2.45, 2.75) is 152 Å². The first-order valence-corrected chi connectivity index (χ1v) is 17.8. The summed E-state index contributed by atoms with van der Waals surface area (Å²) < 4.78 is 35.9. The maximum Gasteiger partial charge on any atom is 0.410 e. The van der Waals surface area contributed by atoms with E-state index in [-0.39, 0.29) is 34.9 Å². The van der Waals surface area contributed by atoms with Gasteiger partial charge in [-0.1, -0.05) is 54.9 Å². The first-order chi connectivity index (χ1) is 21.8. The van der Waals surface area contributed by atoms with Crippen LogP contribution < -0.4 is 5.32 Å². The molecule has 0 aromatic heterocycles. The summed E-state index contributed by atoms with van der Waals surface area (Å²) in [6.07, 6.45) is 5.85. The fraction of sp³-hybridized carbons (Fsp3) is 0.842. The van der Waals surface area contributed by atoms with Crippen LogP contribution in [0.5, 0.6) is 0 Å². The largest absolute Gasteiger partial charge is 0.410 e. The third-order valence-corrected chi connectivity index (χ3v) is 14.0. The molecule has 10 heteroatoms. The van der Waals surface area contributed by atoms with Crippen LogP contribution in [0.1, 0.15) is 140 Å². The van der Waals surface area contributed by atoms with Crippen molar-refractivity contribution in [2.75, 3.05) is 0 Å². The van der Waals surface area contributed by atoms with Crippen molar-refractivity contribution in [1.82, 2.24) is 5.32 Å². The van der Waals surface area contributed by atoms with E-state index in [9.17, 15) is 32.3 Å². The highest BCUT2D eigenvalue weighted by Gasteiger charge is 2.70. The Morgan fingerprint density at radius 1 is 0.833 bits per heavy atom. The lowest BCUT2D eigenvalue weighted by atomic mass is 9.33. The first-order valence-electron chi connectivity index (χ1n) is 17.8. The fourth-order valence-electron chi connectivity index (χ4n) is 11.6. The molecule has 0 aromatic rings. The van der Waals surface area contributed by atoms with E-state index in [4.69, 9.17) is 9.78 Å². The third kappa shape index (κ3) is 6.03. The van der Waals surface area contributed by atoms with Gasteiger partial charge in [0.2, 0.25) is 5.91 Å². The Morgan fingerprint density at radius 3 is 1.98 bits per heavy atom. The van der Waals surface area contributed by atoms with E-state index in [0.29, 0.717) is 23.2 Å². The Bertz CT molecular complexity index is 1370. The summed E-state index contributed by atoms with van der Waals surface area (Å²) in [7, 11) is 0. The quantitative estimate of drug-likeness (QED) is 0.236. The van der Waals surface area contributed by atoms with Crippen LogP contribution in [0.4, 0.5) is 13.2 Å². The molecule has 0 radical (unpaired) electrons. The van der Waals surface area contributed by atoms with E-state index in [1.807, 2.05) is 0 Å². The number of allylic oxidation sites excluding steroid dienone is 1. The molecular weight excluding hydrogens is 623 g/mol. The minimum atomic E-state index is -4.40. The van der Waals surface area contributed by atoms with E-state index in [1.165, 1.54) is 39.0 Å². The van der Waals surface area contributed by atoms with Crippen LogP contribution >= 0.6 is 0 Å². The number of carbonyl (C=O) groups is 4. The number of ketones is 1. The molecule has 0 saturated heterocycles. The Balaban J connectivity index is 0.000000408. The molecular formula is C38H58F3NO6. The second-order valence-electron chi connectivity index (χ2n) is 17.9. The topological polar surface area (TPSA) is 98.8 Å². The van der Waals surface area contributed by atoms with Crippen LogP contribution in [0.15, 0.2) is 11.1 Å². The van der Waals surface area contributed by atoms with Gasteiger partial charge in [0.15, 0.2) is 5.78 Å². The standard InChI is InChI=1S/C32H48O5.C6H10F3NO/c1-19(2)25-22(34)18-32(27(35)37-36-20(3)33)17-16-30(7)21(26(25)32)10-11-24-29(6)14-9-13-28(4,5)23(29)12-15-31(24,30)8;1-4(11)10-5(2,3)6(7,8)9/h19,21,23-24H,9-18H2,1-8H3;1-3H3,(H,10,11)/t21-,23+,24-,29+,30-,31-,32-;/m1./s1. The molecule has 0 spiro atoms. The van der Waals surface area contributed by atoms with Crippen LogP contribution in [-0.2, 0) is 29.0 Å². The normalized spacial score (nSPS) is 37.2. The number of nitrogens with one attached hydrogen (secondary N) is 1. The van der Waals surface area contributed by atoms with Crippen molar-refractivity contribution in [1.29, 1.82) is 0 Å². The Hall–Kier alpha value is -2.39. The van der Waals surface area contributed by atoms with Gasteiger partial charge in [-0.2, -0.15) is 13.2 Å². The number of fused-ring (bicyclic) bond motifs is 7. The van der Waals surface area contributed by atoms with Gasteiger partial charge in [-0.05, 0) is 122 Å². The molecule has 5 aliphatic carbocycles. The summed E-state index contributed by atoms with van der Waals surface area (Å²) in [4.78, 5) is 58.7. The van der Waals surface area contributed by atoms with Gasteiger partial charge in [-0.15, -0.1) is 0 Å². The molecule has 1 N–H and O–H groups in total. The zero-order chi connectivity index (χ0) is 36.5. The minimum Gasteiger partial charge on any atom is -0.343 e. The van der Waals surface area contributed by atoms with Crippen molar-refractivity contribution >= 4 is 23.6 Å². The number of alkyl halides is 3. The summed E-state index contributed by atoms with van der Waals surface area (Å²) in [5, 5.41) is 1.80. The summed E-state index contributed by atoms with van der Waals surface area (Å²) in [6.45, 7) is 20.9. The van der Waals surface area contributed by atoms with E-state index in [1.54, 1.807) is 5.32 Å². The summed E-state index contributed by atoms with van der Waals surface area (Å²) in [5.41, 5.74) is -0.360. The molecule has 5 aliphatic rings. The van der Waals surface area contributed by atoms with E-state index >= 15 is 0 Å². The lowest BCUT2D eigenvalue weighted by Gasteiger charge is -2.71. The molecule has 0 aromatic carbocycles. The molecule has 1 amide bonds. The highest BCUT2D eigenvalue weighted by Crippen LogP contribution is 2.76. The summed E-state index contributed by atoms with van der Waals surface area (Å²) in [6, 6.07) is 0. The number of carbonyl (C=O) groups excluding carboxylic acids is 4. The zero-order valence-corrected chi connectivity index (χ0v) is 31.0. The van der Waals surface area contributed by atoms with Crippen LogP contribution in [0, 0.1) is 50.7 Å². The van der Waals surface area contributed by atoms with Gasteiger partial charge in [0.05, 0.1) is 0 Å². The van der Waals surface area contributed by atoms with Crippen molar-refractivity contribution in [3.05, 3.63) is 11.1 Å². The fourth-order valence-corrected chi connectivity index (χ4v) is 11.6. The van der Waals surface area contributed by atoms with Gasteiger partial charge in [0.1, 0.15) is 11.0 Å². The van der Waals surface area contributed by atoms with E-state index < -0.39 is 35.0 Å². The van der Waals surface area contributed by atoms with E-state index in [0.717, 1.165) is 57.1 Å². The van der Waals surface area contributed by atoms with Crippen molar-refractivity contribution < 1.29 is 42.1 Å². The zero-order valence-electron chi connectivity index (χ0n) is 31.0. The van der Waals surface area contributed by atoms with Crippen LogP contribution in [-0.4, -0.2) is 35.3 Å². The van der Waals surface area contributed by atoms with Crippen LogP contribution in [0.25, 0.3) is 0 Å². The van der Waals surface area contributed by atoms with Crippen molar-refractivity contribution in [2.24, 2.45) is 50.7 Å². The molecule has 7 atom stereocenters. The maximum atomic E-state index is 13.6. The molecule has 0 unspecified atom stereocenters. The summed E-state index contributed by atoms with van der Waals surface area (Å²) >= 11 is 0. The first kappa shape index (κ1) is 38.4. The number of amides is 1. The lowest BCUT2D eigenvalue weighted by molar-refractivity contribution is -0.267. The van der Waals surface area contributed by atoms with Gasteiger partial charge in [0, 0.05) is 20.3 Å². The number of rotatable bonds is 3.